The molecule has 65 heavy (non-hydrogen) atoms. The van der Waals surface area contributed by atoms with Crippen molar-refractivity contribution in [2.75, 3.05) is 47.4 Å². The van der Waals surface area contributed by atoms with Crippen molar-refractivity contribution in [1.29, 1.82) is 0 Å². The highest BCUT2D eigenvalue weighted by Gasteiger charge is 2.51. The molecule has 1 saturated heterocycles. The summed E-state index contributed by atoms with van der Waals surface area (Å²) in [4.78, 5) is 76.7. The predicted octanol–water partition coefficient (Wildman–Crippen LogP) is 5.27. The number of nitrogens with zero attached hydrogens (tertiary/aromatic N) is 3. The minimum absolute atomic E-state index is 0.0203. The number of rotatable bonds is 17. The molecule has 17 heteroatoms. The van der Waals surface area contributed by atoms with E-state index in [2.05, 4.69) is 20.9 Å². The average molecular weight is 905 g/mol. The summed E-state index contributed by atoms with van der Waals surface area (Å²) in [6.07, 6.45) is 2.54. The van der Waals surface area contributed by atoms with Crippen molar-refractivity contribution in [3.63, 3.8) is 0 Å². The fourth-order valence-electron chi connectivity index (χ4n) is 8.35. The maximum atomic E-state index is 15.2. The van der Waals surface area contributed by atoms with Gasteiger partial charge in [0.1, 0.15) is 43.0 Å². The van der Waals surface area contributed by atoms with Crippen molar-refractivity contribution in [3.8, 4) is 0 Å². The summed E-state index contributed by atoms with van der Waals surface area (Å²) in [7, 11) is 3.04. The molecule has 356 valence electrons. The van der Waals surface area contributed by atoms with E-state index in [9.17, 15) is 19.2 Å². The van der Waals surface area contributed by atoms with Gasteiger partial charge in [0.2, 0.25) is 23.7 Å². The largest absolute Gasteiger partial charge is 0.444 e. The lowest BCUT2D eigenvalue weighted by molar-refractivity contribution is -0.149. The summed E-state index contributed by atoms with van der Waals surface area (Å²) in [5.41, 5.74) is 1.07. The molecular formula is C48H68N6O11. The van der Waals surface area contributed by atoms with Crippen LogP contribution in [0.15, 0.2) is 77.3 Å². The number of benzene rings is 2. The van der Waals surface area contributed by atoms with E-state index in [0.29, 0.717) is 32.4 Å². The Kier molecular flexibility index (Phi) is 18.5. The third-order valence-corrected chi connectivity index (χ3v) is 11.2. The van der Waals surface area contributed by atoms with Gasteiger partial charge >= 0.3 is 12.2 Å². The Labute approximate surface area is 382 Å². The summed E-state index contributed by atoms with van der Waals surface area (Å²) in [6.45, 7) is 11.2. The molecule has 0 spiro atoms. The van der Waals surface area contributed by atoms with Crippen LogP contribution >= 0.6 is 0 Å². The molecule has 6 atom stereocenters. The van der Waals surface area contributed by atoms with Gasteiger partial charge in [-0.3, -0.25) is 19.7 Å². The van der Waals surface area contributed by atoms with Crippen LogP contribution in [-0.4, -0.2) is 135 Å². The first kappa shape index (κ1) is 50.6. The Morgan fingerprint density at radius 2 is 1.46 bits per heavy atom. The van der Waals surface area contributed by atoms with Crippen molar-refractivity contribution in [2.45, 2.75) is 128 Å². The number of likely N-dealkylation sites (tertiary alicyclic amines) is 1. The molecule has 1 saturated carbocycles. The van der Waals surface area contributed by atoms with Gasteiger partial charge in [0.15, 0.2) is 0 Å². The molecular weight excluding hydrogens is 837 g/mol. The number of carbonyl (C=O) groups excluding carboxylic acids is 5. The summed E-state index contributed by atoms with van der Waals surface area (Å²) in [5.74, 6) is -1.12. The van der Waals surface area contributed by atoms with Crippen LogP contribution in [0.3, 0.4) is 0 Å². The van der Waals surface area contributed by atoms with Crippen LogP contribution < -0.4 is 16.0 Å². The van der Waals surface area contributed by atoms with Gasteiger partial charge in [0.05, 0.1) is 6.10 Å². The quantitative estimate of drug-likeness (QED) is 0.0807. The molecule has 0 bridgehead atoms. The standard InChI is InChI=1S/C48H68N6O11/c1-47(2,3)64-45(58)51-44(52-46(59)65-48(4,5)6)53-24-22-34(29-53)21-23-49-41(55)39-27-35-19-20-36(62-30-60-7)28-38(35)54(39)43(57)37(25-32-15-11-9-12-16-32)50-42(56)40(63-31-61-8)26-33-17-13-10-14-18-33/h9-18,22,35-40H,19-21,23-31H2,1-8H3,(H,49,55)(H,50,56)(H,51,52,58,59)/t35-,36+,37+,38-,39-,40+/m0/s1. The van der Waals surface area contributed by atoms with E-state index in [1.807, 2.05) is 66.7 Å². The molecule has 17 nitrogen and oxygen atoms in total. The number of hydrogen-bond donors (Lipinski definition) is 3. The van der Waals surface area contributed by atoms with Gasteiger partial charge in [0.25, 0.3) is 0 Å². The zero-order valence-electron chi connectivity index (χ0n) is 39.1. The molecule has 2 fully saturated rings. The maximum Gasteiger partial charge on any atom is 0.437 e. The van der Waals surface area contributed by atoms with Gasteiger partial charge in [0, 0.05) is 52.7 Å². The van der Waals surface area contributed by atoms with Crippen LogP contribution in [0.5, 0.6) is 0 Å². The molecule has 5 amide bonds. The number of guanidine groups is 1. The van der Waals surface area contributed by atoms with E-state index in [1.165, 1.54) is 7.11 Å². The van der Waals surface area contributed by atoms with Crippen molar-refractivity contribution in [3.05, 3.63) is 83.4 Å². The van der Waals surface area contributed by atoms with Crippen LogP contribution in [0.1, 0.15) is 84.8 Å². The van der Waals surface area contributed by atoms with Gasteiger partial charge in [-0.05, 0) is 90.7 Å². The number of methoxy groups -OCH3 is 2. The van der Waals surface area contributed by atoms with Crippen molar-refractivity contribution in [2.24, 2.45) is 10.9 Å². The van der Waals surface area contributed by atoms with Gasteiger partial charge in [-0.15, -0.1) is 4.99 Å². The molecule has 2 aromatic rings. The van der Waals surface area contributed by atoms with Crippen LogP contribution in [0.4, 0.5) is 9.59 Å². The first-order chi connectivity index (χ1) is 30.9. The second-order valence-corrected chi connectivity index (χ2v) is 18.7. The Balaban J connectivity index is 1.33. The summed E-state index contributed by atoms with van der Waals surface area (Å²) < 4.78 is 33.1. The van der Waals surface area contributed by atoms with E-state index >= 15 is 4.79 Å². The van der Waals surface area contributed by atoms with Gasteiger partial charge in [-0.25, -0.2) is 9.59 Å². The third kappa shape index (κ3) is 15.9. The fourth-order valence-corrected chi connectivity index (χ4v) is 8.35. The third-order valence-electron chi connectivity index (χ3n) is 11.2. The lowest BCUT2D eigenvalue weighted by Crippen LogP contribution is -2.58. The summed E-state index contributed by atoms with van der Waals surface area (Å²) in [5, 5.41) is 8.72. The van der Waals surface area contributed by atoms with Crippen molar-refractivity contribution < 1.29 is 52.4 Å². The molecule has 2 aromatic carbocycles. The highest BCUT2D eigenvalue weighted by molar-refractivity contribution is 5.99. The van der Waals surface area contributed by atoms with E-state index in [-0.39, 0.29) is 68.8 Å². The molecule has 1 aliphatic carbocycles. The maximum absolute atomic E-state index is 15.2. The summed E-state index contributed by atoms with van der Waals surface area (Å²) in [6, 6.07) is 16.8. The second kappa shape index (κ2) is 23.7. The van der Waals surface area contributed by atoms with E-state index in [0.717, 1.165) is 29.5 Å². The SMILES string of the molecule is COCO[C@@H]1CC[C@H]2C[C@@H](C(=O)NCCC3=CCN(/C(=N\C(=O)OC(C)(C)C)NC(=O)OC(C)(C)C)C3)N(C(=O)[C@@H](Cc3ccccc3)NC(=O)[C@@H](Cc3ccccc3)OCOC)[C@H]2C1. The lowest BCUT2D eigenvalue weighted by Gasteiger charge is -2.38. The highest BCUT2D eigenvalue weighted by Crippen LogP contribution is 2.41. The van der Waals surface area contributed by atoms with Crippen LogP contribution in [0.25, 0.3) is 0 Å². The molecule has 3 N–H and O–H groups in total. The number of hydrogen-bond acceptors (Lipinski definition) is 11. The molecule has 5 rings (SSSR count). The Bertz CT molecular complexity index is 1970. The van der Waals surface area contributed by atoms with E-state index < -0.39 is 47.5 Å². The normalized spacial score (nSPS) is 20.9. The number of carbonyl (C=O) groups is 5. The molecule has 0 aromatic heterocycles. The number of nitrogens with one attached hydrogen (secondary N) is 3. The number of amides is 5. The van der Waals surface area contributed by atoms with E-state index in [1.54, 1.807) is 58.5 Å². The smallest absolute Gasteiger partial charge is 0.437 e. The predicted molar refractivity (Wildman–Crippen MR) is 242 cm³/mol. The first-order valence-electron chi connectivity index (χ1n) is 22.4. The van der Waals surface area contributed by atoms with Gasteiger partial charge < -0.3 is 48.9 Å². The van der Waals surface area contributed by atoms with E-state index in [4.69, 9.17) is 28.4 Å². The van der Waals surface area contributed by atoms with Crippen LogP contribution in [-0.2, 0) is 55.6 Å². The van der Waals surface area contributed by atoms with Gasteiger partial charge in [-0.2, -0.15) is 0 Å². The van der Waals surface area contributed by atoms with Gasteiger partial charge in [-0.1, -0.05) is 72.3 Å². The minimum Gasteiger partial charge on any atom is -0.444 e. The number of alkyl carbamates (subject to hydrolysis) is 1. The number of aliphatic imine (C=N–C) groups is 1. The number of fused-ring (bicyclic) bond motifs is 1. The number of ether oxygens (including phenoxy) is 6. The average Bonchev–Trinajstić information content (AvgIpc) is 3.88. The van der Waals surface area contributed by atoms with Crippen molar-refractivity contribution >= 4 is 35.9 Å². The lowest BCUT2D eigenvalue weighted by atomic mass is 9.83. The Morgan fingerprint density at radius 1 is 0.815 bits per heavy atom. The molecule has 2 heterocycles. The highest BCUT2D eigenvalue weighted by atomic mass is 16.7. The van der Waals surface area contributed by atoms with Crippen LogP contribution in [0.2, 0.25) is 0 Å². The Morgan fingerprint density at radius 3 is 2.09 bits per heavy atom. The zero-order valence-corrected chi connectivity index (χ0v) is 39.1. The second-order valence-electron chi connectivity index (χ2n) is 18.7. The molecule has 0 unspecified atom stereocenters. The first-order valence-corrected chi connectivity index (χ1v) is 22.4. The topological polar surface area (TPSA) is 196 Å². The molecule has 3 aliphatic rings. The summed E-state index contributed by atoms with van der Waals surface area (Å²) >= 11 is 0. The fraction of sp³-hybridized carbons (Fsp3) is 0.583. The monoisotopic (exact) mass is 904 g/mol. The van der Waals surface area contributed by atoms with Crippen molar-refractivity contribution in [1.82, 2.24) is 25.8 Å². The Hall–Kier alpha value is -5.36. The molecule has 2 aliphatic heterocycles. The molecule has 0 radical (unpaired) electrons. The zero-order chi connectivity index (χ0) is 47.1. The van der Waals surface area contributed by atoms with Crippen LogP contribution in [0, 0.1) is 5.92 Å². The minimum atomic E-state index is -1.02.